The maximum absolute atomic E-state index is 14.1. The number of nitrogens with one attached hydrogen (secondary N) is 2. The molecule has 7 nitrogen and oxygen atoms in total. The summed E-state index contributed by atoms with van der Waals surface area (Å²) in [6.45, 7) is 3.81. The molecule has 2 aromatic rings. The predicted octanol–water partition coefficient (Wildman–Crippen LogP) is 5.22. The van der Waals surface area contributed by atoms with Gasteiger partial charge in [0.2, 0.25) is 11.8 Å². The normalized spacial score (nSPS) is 21.5. The lowest BCUT2D eigenvalue weighted by Crippen LogP contribution is -2.58. The molecule has 5 rings (SSSR count). The lowest BCUT2D eigenvalue weighted by Gasteiger charge is -2.45. The molecule has 2 aliphatic heterocycles. The van der Waals surface area contributed by atoms with Gasteiger partial charge in [-0.05, 0) is 73.8 Å². The Balaban J connectivity index is 1.31. The number of carbonyl (C=O) groups is 3. The van der Waals surface area contributed by atoms with E-state index in [1.54, 1.807) is 12.1 Å². The van der Waals surface area contributed by atoms with Crippen molar-refractivity contribution < 1.29 is 19.1 Å². The highest BCUT2D eigenvalue weighted by Gasteiger charge is 2.49. The van der Waals surface area contributed by atoms with Gasteiger partial charge < -0.3 is 20.3 Å². The van der Waals surface area contributed by atoms with Gasteiger partial charge >= 0.3 is 5.97 Å². The van der Waals surface area contributed by atoms with Gasteiger partial charge in [-0.25, -0.2) is 0 Å². The number of benzene rings is 2. The number of fused-ring (bicyclic) bond motifs is 1. The summed E-state index contributed by atoms with van der Waals surface area (Å²) in [6.07, 6.45) is 8.95. The van der Waals surface area contributed by atoms with E-state index in [2.05, 4.69) is 22.8 Å². The smallest absolute Gasteiger partial charge is 0.312 e. The van der Waals surface area contributed by atoms with Crippen molar-refractivity contribution in [1.82, 2.24) is 15.5 Å². The zero-order chi connectivity index (χ0) is 29.5. The summed E-state index contributed by atoms with van der Waals surface area (Å²) in [7, 11) is 0. The van der Waals surface area contributed by atoms with Crippen LogP contribution in [0.2, 0.25) is 5.02 Å². The number of carbonyl (C=O) groups excluding carboxylic acids is 3. The average Bonchev–Trinajstić information content (AvgIpc) is 3.31. The van der Waals surface area contributed by atoms with E-state index in [1.807, 2.05) is 36.1 Å². The maximum Gasteiger partial charge on any atom is 0.312 e. The second-order valence-electron chi connectivity index (χ2n) is 12.2. The molecular weight excluding hydrogens is 550 g/mol. The number of ether oxygens (including phenoxy) is 1. The number of halogens is 1. The maximum atomic E-state index is 14.1. The van der Waals surface area contributed by atoms with Crippen molar-refractivity contribution in [2.45, 2.75) is 89.8 Å². The van der Waals surface area contributed by atoms with E-state index in [-0.39, 0.29) is 17.8 Å². The molecule has 1 saturated carbocycles. The van der Waals surface area contributed by atoms with E-state index in [4.69, 9.17) is 16.3 Å². The Labute approximate surface area is 254 Å². The molecule has 0 bridgehead atoms. The zero-order valence-electron chi connectivity index (χ0n) is 24.7. The van der Waals surface area contributed by atoms with Crippen LogP contribution >= 0.6 is 11.6 Å². The molecule has 2 amide bonds. The molecule has 3 aliphatic rings. The molecule has 0 spiro atoms. The summed E-state index contributed by atoms with van der Waals surface area (Å²) in [5.74, 6) is -0.0826. The lowest BCUT2D eigenvalue weighted by atomic mass is 9.66. The highest BCUT2D eigenvalue weighted by molar-refractivity contribution is 6.30. The third-order valence-corrected chi connectivity index (χ3v) is 9.90. The largest absolute Gasteiger partial charge is 0.466 e. The molecule has 0 unspecified atom stereocenters. The second-order valence-corrected chi connectivity index (χ2v) is 12.6. The van der Waals surface area contributed by atoms with Crippen LogP contribution in [0.3, 0.4) is 0 Å². The minimum absolute atomic E-state index is 0.0985. The Hall–Kier alpha value is -2.90. The van der Waals surface area contributed by atoms with Crippen molar-refractivity contribution in [2.75, 3.05) is 19.7 Å². The number of hydrogen-bond acceptors (Lipinski definition) is 5. The summed E-state index contributed by atoms with van der Waals surface area (Å²) < 4.78 is 5.64. The highest BCUT2D eigenvalue weighted by Crippen LogP contribution is 2.46. The molecule has 0 radical (unpaired) electrons. The van der Waals surface area contributed by atoms with Gasteiger partial charge in [-0.3, -0.25) is 14.4 Å². The van der Waals surface area contributed by atoms with Crippen LogP contribution in [0.5, 0.6) is 0 Å². The number of esters is 1. The summed E-state index contributed by atoms with van der Waals surface area (Å²) in [5.41, 5.74) is 2.74. The SMILES string of the molecule is CCOC(=O)C1(C2CCCCCC2)CCN(C(=O)[C@@H](Cc2ccc(Cl)cc2)NC(=O)[C@@H]2Cc3ccccc3CN2)CC1. The molecule has 2 atom stereocenters. The molecular formula is C34H44ClN3O4. The van der Waals surface area contributed by atoms with Crippen LogP contribution in [0.4, 0.5) is 0 Å². The van der Waals surface area contributed by atoms with Crippen LogP contribution in [-0.2, 0) is 38.5 Å². The summed E-state index contributed by atoms with van der Waals surface area (Å²) in [6, 6.07) is 14.4. The van der Waals surface area contributed by atoms with Crippen molar-refractivity contribution in [3.05, 3.63) is 70.2 Å². The first-order chi connectivity index (χ1) is 20.4. The monoisotopic (exact) mass is 593 g/mol. The molecule has 42 heavy (non-hydrogen) atoms. The Kier molecular flexibility index (Phi) is 10.2. The molecule has 1 aliphatic carbocycles. The zero-order valence-corrected chi connectivity index (χ0v) is 25.5. The fraction of sp³-hybridized carbons (Fsp3) is 0.559. The molecule has 1 saturated heterocycles. The Morgan fingerprint density at radius 1 is 1.00 bits per heavy atom. The fourth-order valence-corrected chi connectivity index (χ4v) is 7.33. The van der Waals surface area contributed by atoms with Gasteiger partial charge in [-0.15, -0.1) is 0 Å². The van der Waals surface area contributed by atoms with E-state index >= 15 is 0 Å². The Morgan fingerprint density at radius 3 is 2.33 bits per heavy atom. The van der Waals surface area contributed by atoms with Gasteiger partial charge in [-0.1, -0.05) is 73.7 Å². The van der Waals surface area contributed by atoms with Crippen LogP contribution < -0.4 is 10.6 Å². The first-order valence-electron chi connectivity index (χ1n) is 15.7. The topological polar surface area (TPSA) is 87.7 Å². The number of piperidine rings is 1. The van der Waals surface area contributed by atoms with E-state index in [9.17, 15) is 14.4 Å². The van der Waals surface area contributed by atoms with Crippen LogP contribution in [0.1, 0.15) is 75.0 Å². The van der Waals surface area contributed by atoms with Crippen molar-refractivity contribution in [1.29, 1.82) is 0 Å². The summed E-state index contributed by atoms with van der Waals surface area (Å²) in [4.78, 5) is 42.9. The van der Waals surface area contributed by atoms with Crippen molar-refractivity contribution >= 4 is 29.4 Å². The molecule has 2 fully saturated rings. The van der Waals surface area contributed by atoms with Crippen LogP contribution in [0.15, 0.2) is 48.5 Å². The quantitative estimate of drug-likeness (QED) is 0.323. The van der Waals surface area contributed by atoms with E-state index < -0.39 is 17.5 Å². The average molecular weight is 594 g/mol. The third-order valence-electron chi connectivity index (χ3n) is 9.65. The van der Waals surface area contributed by atoms with Crippen molar-refractivity contribution in [3.63, 3.8) is 0 Å². The third kappa shape index (κ3) is 7.00. The molecule has 2 heterocycles. The molecule has 0 aromatic heterocycles. The number of hydrogen-bond donors (Lipinski definition) is 2. The van der Waals surface area contributed by atoms with Gasteiger partial charge in [0.15, 0.2) is 0 Å². The lowest BCUT2D eigenvalue weighted by molar-refractivity contribution is -0.165. The predicted molar refractivity (Wildman–Crippen MR) is 164 cm³/mol. The highest BCUT2D eigenvalue weighted by atomic mass is 35.5. The number of rotatable bonds is 8. The van der Waals surface area contributed by atoms with Gasteiger partial charge in [0.05, 0.1) is 18.1 Å². The van der Waals surface area contributed by atoms with E-state index in [1.165, 1.54) is 18.4 Å². The van der Waals surface area contributed by atoms with Crippen LogP contribution in [-0.4, -0.2) is 54.5 Å². The summed E-state index contributed by atoms with van der Waals surface area (Å²) >= 11 is 6.12. The number of nitrogens with zero attached hydrogens (tertiary/aromatic N) is 1. The van der Waals surface area contributed by atoms with Crippen molar-refractivity contribution in [3.8, 4) is 0 Å². The number of likely N-dealkylation sites (tertiary alicyclic amines) is 1. The first kappa shape index (κ1) is 30.6. The minimum atomic E-state index is -0.717. The van der Waals surface area contributed by atoms with E-state index in [0.29, 0.717) is 62.9 Å². The fourth-order valence-electron chi connectivity index (χ4n) is 7.20. The Morgan fingerprint density at radius 2 is 1.67 bits per heavy atom. The van der Waals surface area contributed by atoms with Gasteiger partial charge in [0.25, 0.3) is 0 Å². The standard InChI is InChI=1S/C34H44ClN3O4/c1-2-42-33(41)34(27-11-5-3-4-6-12-27)17-19-38(20-18-34)32(40)30(21-24-13-15-28(35)16-14-24)37-31(39)29-22-25-9-7-8-10-26(25)23-36-29/h7-10,13-16,27,29-30,36H,2-6,11-12,17-23H2,1H3,(H,37,39)/t29-,30+/m0/s1. The molecule has 2 aromatic carbocycles. The van der Waals surface area contributed by atoms with Crippen LogP contribution in [0, 0.1) is 11.3 Å². The first-order valence-corrected chi connectivity index (χ1v) is 16.1. The Bertz CT molecular complexity index is 1230. The molecule has 226 valence electrons. The van der Waals surface area contributed by atoms with Gasteiger partial charge in [0, 0.05) is 31.1 Å². The summed E-state index contributed by atoms with van der Waals surface area (Å²) in [5, 5.41) is 7.06. The minimum Gasteiger partial charge on any atom is -0.466 e. The van der Waals surface area contributed by atoms with Crippen LogP contribution in [0.25, 0.3) is 0 Å². The van der Waals surface area contributed by atoms with Crippen molar-refractivity contribution in [2.24, 2.45) is 11.3 Å². The van der Waals surface area contributed by atoms with Gasteiger partial charge in [-0.2, -0.15) is 0 Å². The second kappa shape index (κ2) is 14.0. The van der Waals surface area contributed by atoms with Gasteiger partial charge in [0.1, 0.15) is 6.04 Å². The molecule has 8 heteroatoms. The molecule has 2 N–H and O–H groups in total. The van der Waals surface area contributed by atoms with E-state index in [0.717, 1.165) is 36.8 Å². The number of amides is 2.